The fraction of sp³-hybridized carbons (Fsp3) is 0.529. The van der Waals surface area contributed by atoms with Crippen molar-refractivity contribution in [2.24, 2.45) is 0 Å². The van der Waals surface area contributed by atoms with Gasteiger partial charge in [-0.25, -0.2) is 0 Å². The van der Waals surface area contributed by atoms with Crippen LogP contribution in [0.2, 0.25) is 0 Å². The average Bonchev–Trinajstić information content (AvgIpc) is 2.44. The van der Waals surface area contributed by atoms with Crippen LogP contribution in [0.1, 0.15) is 45.2 Å². The Kier molecular flexibility index (Phi) is 6.99. The van der Waals surface area contributed by atoms with E-state index >= 15 is 0 Å². The van der Waals surface area contributed by atoms with Crippen LogP contribution in [0.5, 0.6) is 17.2 Å². The monoisotopic (exact) mass is 278 g/mol. The maximum absolute atomic E-state index is 5.81. The van der Waals surface area contributed by atoms with Gasteiger partial charge < -0.3 is 14.2 Å². The van der Waals surface area contributed by atoms with E-state index in [0.29, 0.717) is 13.2 Å². The highest BCUT2D eigenvalue weighted by Crippen LogP contribution is 2.41. The first-order valence-corrected chi connectivity index (χ1v) is 7.39. The molecule has 0 N–H and O–H groups in total. The maximum Gasteiger partial charge on any atom is 0.168 e. The van der Waals surface area contributed by atoms with Crippen molar-refractivity contribution >= 4 is 0 Å². The molecule has 0 unspecified atom stereocenters. The third kappa shape index (κ3) is 3.92. The Morgan fingerprint density at radius 2 is 1.70 bits per heavy atom. The van der Waals surface area contributed by atoms with Crippen molar-refractivity contribution in [1.29, 1.82) is 0 Å². The fourth-order valence-electron chi connectivity index (χ4n) is 2.10. The molecule has 0 bridgehead atoms. The van der Waals surface area contributed by atoms with Gasteiger partial charge in [0, 0.05) is 11.1 Å². The van der Waals surface area contributed by atoms with E-state index in [4.69, 9.17) is 14.2 Å². The Morgan fingerprint density at radius 1 is 1.05 bits per heavy atom. The van der Waals surface area contributed by atoms with Gasteiger partial charge in [-0.3, -0.25) is 0 Å². The molecule has 3 heteroatoms. The van der Waals surface area contributed by atoms with Gasteiger partial charge in [0.1, 0.15) is 5.75 Å². The molecule has 0 heterocycles. The summed E-state index contributed by atoms with van der Waals surface area (Å²) in [6.07, 6.45) is 5.56. The number of aryl methyl sites for hydroxylation is 1. The maximum atomic E-state index is 5.81. The number of benzene rings is 1. The molecule has 0 aliphatic heterocycles. The minimum atomic E-state index is 0.611. The fourth-order valence-corrected chi connectivity index (χ4v) is 2.10. The summed E-state index contributed by atoms with van der Waals surface area (Å²) >= 11 is 0. The first-order chi connectivity index (χ1) is 9.69. The molecule has 0 radical (unpaired) electrons. The van der Waals surface area contributed by atoms with Crippen LogP contribution < -0.4 is 14.2 Å². The number of allylic oxidation sites excluding steroid dienone is 1. The van der Waals surface area contributed by atoms with Crippen LogP contribution in [-0.4, -0.2) is 13.2 Å². The summed E-state index contributed by atoms with van der Waals surface area (Å²) in [4.78, 5) is 0. The van der Waals surface area contributed by atoms with E-state index in [-0.39, 0.29) is 0 Å². The molecule has 3 nitrogen and oxygen atoms in total. The summed E-state index contributed by atoms with van der Waals surface area (Å²) in [6.45, 7) is 11.3. The summed E-state index contributed by atoms with van der Waals surface area (Å²) in [7, 11) is 0. The minimum Gasteiger partial charge on any atom is -0.490 e. The van der Waals surface area contributed by atoms with Crippen molar-refractivity contribution in [1.82, 2.24) is 0 Å². The van der Waals surface area contributed by atoms with Crippen LogP contribution in [0.3, 0.4) is 0 Å². The molecule has 0 spiro atoms. The van der Waals surface area contributed by atoms with Crippen molar-refractivity contribution in [2.45, 2.75) is 47.5 Å². The molecule has 1 aromatic rings. The van der Waals surface area contributed by atoms with Gasteiger partial charge in [-0.2, -0.15) is 0 Å². The number of hydrogen-bond acceptors (Lipinski definition) is 3. The standard InChI is InChI=1S/C17H26O3/c1-6-10-14-12-15(20-11-7-2)13(5)16(18-8-3)17(14)19-9-4/h7,11-12H,6,8-10H2,1-5H3. The van der Waals surface area contributed by atoms with Gasteiger partial charge in [0.25, 0.3) is 0 Å². The predicted molar refractivity (Wildman–Crippen MR) is 83.0 cm³/mol. The zero-order valence-electron chi connectivity index (χ0n) is 13.3. The molecule has 0 fully saturated rings. The van der Waals surface area contributed by atoms with Crippen LogP contribution in [0, 0.1) is 6.92 Å². The highest BCUT2D eigenvalue weighted by Gasteiger charge is 2.18. The van der Waals surface area contributed by atoms with E-state index in [1.54, 1.807) is 6.26 Å². The van der Waals surface area contributed by atoms with Crippen LogP contribution in [-0.2, 0) is 6.42 Å². The Bertz CT molecular complexity index is 450. The third-order valence-corrected chi connectivity index (χ3v) is 2.94. The number of ether oxygens (including phenoxy) is 3. The largest absolute Gasteiger partial charge is 0.490 e. The zero-order chi connectivity index (χ0) is 15.0. The van der Waals surface area contributed by atoms with Gasteiger partial charge in [-0.05, 0) is 40.2 Å². The zero-order valence-corrected chi connectivity index (χ0v) is 13.3. The van der Waals surface area contributed by atoms with Crippen LogP contribution in [0.25, 0.3) is 0 Å². The predicted octanol–water partition coefficient (Wildman–Crippen LogP) is 4.66. The summed E-state index contributed by atoms with van der Waals surface area (Å²) in [5.74, 6) is 2.50. The molecule has 112 valence electrons. The molecule has 1 rings (SSSR count). The third-order valence-electron chi connectivity index (χ3n) is 2.94. The van der Waals surface area contributed by atoms with Gasteiger partial charge in [0.2, 0.25) is 0 Å². The topological polar surface area (TPSA) is 27.7 Å². The molecule has 0 amide bonds. The SMILES string of the molecule is CC=COc1cc(CCC)c(OCC)c(OCC)c1C. The number of hydrogen-bond donors (Lipinski definition) is 0. The normalized spacial score (nSPS) is 10.8. The molecular formula is C17H26O3. The summed E-state index contributed by atoms with van der Waals surface area (Å²) in [6, 6.07) is 2.06. The van der Waals surface area contributed by atoms with Crippen molar-refractivity contribution in [2.75, 3.05) is 13.2 Å². The van der Waals surface area contributed by atoms with Crippen molar-refractivity contribution < 1.29 is 14.2 Å². The van der Waals surface area contributed by atoms with Gasteiger partial charge >= 0.3 is 0 Å². The van der Waals surface area contributed by atoms with Gasteiger partial charge in [-0.15, -0.1) is 0 Å². The van der Waals surface area contributed by atoms with Crippen molar-refractivity contribution in [3.63, 3.8) is 0 Å². The first kappa shape index (κ1) is 16.4. The molecule has 0 aliphatic rings. The van der Waals surface area contributed by atoms with Gasteiger partial charge in [0.15, 0.2) is 11.5 Å². The lowest BCUT2D eigenvalue weighted by molar-refractivity contribution is 0.282. The Labute approximate surface area is 122 Å². The summed E-state index contributed by atoms with van der Waals surface area (Å²) in [5.41, 5.74) is 2.12. The summed E-state index contributed by atoms with van der Waals surface area (Å²) < 4.78 is 17.3. The molecule has 0 saturated heterocycles. The highest BCUT2D eigenvalue weighted by atomic mass is 16.5. The number of rotatable bonds is 8. The van der Waals surface area contributed by atoms with Crippen molar-refractivity contribution in [3.8, 4) is 17.2 Å². The molecule has 1 aromatic carbocycles. The average molecular weight is 278 g/mol. The molecule has 0 aromatic heterocycles. The smallest absolute Gasteiger partial charge is 0.168 e. The summed E-state index contributed by atoms with van der Waals surface area (Å²) in [5, 5.41) is 0. The van der Waals surface area contributed by atoms with Crippen LogP contribution in [0.4, 0.5) is 0 Å². The van der Waals surface area contributed by atoms with Crippen LogP contribution >= 0.6 is 0 Å². The van der Waals surface area contributed by atoms with E-state index in [9.17, 15) is 0 Å². The quantitative estimate of drug-likeness (QED) is 0.647. The van der Waals surface area contributed by atoms with Crippen LogP contribution in [0.15, 0.2) is 18.4 Å². The van der Waals surface area contributed by atoms with E-state index in [1.807, 2.05) is 33.8 Å². The molecular weight excluding hydrogens is 252 g/mol. The molecule has 20 heavy (non-hydrogen) atoms. The first-order valence-electron chi connectivity index (χ1n) is 7.39. The molecule has 0 saturated carbocycles. The Hall–Kier alpha value is -1.64. The lowest BCUT2D eigenvalue weighted by Gasteiger charge is -2.19. The van der Waals surface area contributed by atoms with E-state index in [2.05, 4.69) is 13.0 Å². The Morgan fingerprint density at radius 3 is 2.25 bits per heavy atom. The van der Waals surface area contributed by atoms with Gasteiger partial charge in [0.05, 0.1) is 19.5 Å². The molecule has 0 aliphatic carbocycles. The second-order valence-electron chi connectivity index (χ2n) is 4.52. The second-order valence-corrected chi connectivity index (χ2v) is 4.52. The van der Waals surface area contributed by atoms with Crippen molar-refractivity contribution in [3.05, 3.63) is 29.5 Å². The lowest BCUT2D eigenvalue weighted by atomic mass is 10.0. The lowest BCUT2D eigenvalue weighted by Crippen LogP contribution is -2.05. The van der Waals surface area contributed by atoms with E-state index in [0.717, 1.165) is 41.2 Å². The highest BCUT2D eigenvalue weighted by molar-refractivity contribution is 5.58. The molecule has 0 atom stereocenters. The van der Waals surface area contributed by atoms with Gasteiger partial charge in [-0.1, -0.05) is 19.4 Å². The van der Waals surface area contributed by atoms with E-state index in [1.165, 1.54) is 0 Å². The van der Waals surface area contributed by atoms with E-state index < -0.39 is 0 Å². The minimum absolute atomic E-state index is 0.611. The Balaban J connectivity index is 3.35. The second kappa shape index (κ2) is 8.51.